The number of nitrogens with zero attached hydrogens (tertiary/aromatic N) is 4. The summed E-state index contributed by atoms with van der Waals surface area (Å²) in [6.07, 6.45) is 0.885. The van der Waals surface area contributed by atoms with E-state index in [0.717, 1.165) is 0 Å². The molecule has 9 heteroatoms. The van der Waals surface area contributed by atoms with Crippen LogP contribution >= 0.6 is 11.8 Å². The fourth-order valence-electron chi connectivity index (χ4n) is 3.36. The Labute approximate surface area is 189 Å². The lowest BCUT2D eigenvalue weighted by Gasteiger charge is -2.30. The number of ether oxygens (including phenoxy) is 2. The fourth-order valence-corrected chi connectivity index (χ4v) is 3.87. The van der Waals surface area contributed by atoms with Crippen molar-refractivity contribution in [1.82, 2.24) is 15.2 Å². The van der Waals surface area contributed by atoms with E-state index in [-0.39, 0.29) is 11.8 Å². The van der Waals surface area contributed by atoms with Crippen LogP contribution in [-0.2, 0) is 9.59 Å². The number of esters is 1. The van der Waals surface area contributed by atoms with Gasteiger partial charge in [0.1, 0.15) is 5.75 Å². The number of rotatable bonds is 5. The number of para-hydroxylation sites is 1. The van der Waals surface area contributed by atoms with Crippen LogP contribution in [0.15, 0.2) is 66.3 Å². The highest BCUT2D eigenvalue weighted by Gasteiger charge is 2.34. The molecule has 1 aliphatic heterocycles. The molecule has 0 spiro atoms. The van der Waals surface area contributed by atoms with Crippen molar-refractivity contribution in [2.75, 3.05) is 10.7 Å². The number of thioether (sulfide) groups is 1. The summed E-state index contributed by atoms with van der Waals surface area (Å²) in [7, 11) is 0. The maximum absolute atomic E-state index is 12.8. The van der Waals surface area contributed by atoms with Crippen molar-refractivity contribution in [2.45, 2.75) is 25.2 Å². The van der Waals surface area contributed by atoms with Crippen molar-refractivity contribution < 1.29 is 19.1 Å². The number of hydrogen-bond acceptors (Lipinski definition) is 8. The van der Waals surface area contributed by atoms with Crippen LogP contribution in [0, 0.1) is 0 Å². The summed E-state index contributed by atoms with van der Waals surface area (Å²) in [5.41, 5.74) is 2.34. The van der Waals surface area contributed by atoms with Gasteiger partial charge in [0.2, 0.25) is 23.2 Å². The molecule has 0 saturated heterocycles. The van der Waals surface area contributed by atoms with Gasteiger partial charge in [-0.15, -0.1) is 16.8 Å². The predicted molar refractivity (Wildman–Crippen MR) is 120 cm³/mol. The minimum Gasteiger partial charge on any atom is -0.447 e. The Kier molecular flexibility index (Phi) is 6.18. The number of carbonyl (C=O) groups is 2. The molecule has 2 heterocycles. The number of fused-ring (bicyclic) bond motifs is 3. The molecule has 1 amide bonds. The minimum absolute atomic E-state index is 0.234. The number of hydrogen-bond donors (Lipinski definition) is 0. The quantitative estimate of drug-likeness (QED) is 0.248. The topological polar surface area (TPSA) is 94.5 Å². The van der Waals surface area contributed by atoms with Crippen molar-refractivity contribution in [1.29, 1.82) is 0 Å². The molecule has 32 heavy (non-hydrogen) atoms. The molecule has 0 aliphatic carbocycles. The van der Waals surface area contributed by atoms with E-state index in [4.69, 9.17) is 9.47 Å². The van der Waals surface area contributed by atoms with Crippen molar-refractivity contribution in [3.05, 3.63) is 66.7 Å². The van der Waals surface area contributed by atoms with Gasteiger partial charge in [0.25, 0.3) is 0 Å². The van der Waals surface area contributed by atoms with Crippen LogP contribution in [0.3, 0.4) is 0 Å². The lowest BCUT2D eigenvalue weighted by molar-refractivity contribution is -0.131. The second kappa shape index (κ2) is 9.19. The summed E-state index contributed by atoms with van der Waals surface area (Å²) in [6.45, 7) is 6.50. The highest BCUT2D eigenvalue weighted by atomic mass is 32.2. The Morgan fingerprint density at radius 2 is 2.00 bits per heavy atom. The summed E-state index contributed by atoms with van der Waals surface area (Å²) >= 11 is 1.37. The Bertz CT molecular complexity index is 1200. The smallest absolute Gasteiger partial charge is 0.308 e. The van der Waals surface area contributed by atoms with Gasteiger partial charge in [-0.3, -0.25) is 14.5 Å². The van der Waals surface area contributed by atoms with E-state index in [0.29, 0.717) is 39.2 Å². The number of carbonyl (C=O) groups excluding carboxylic acids is 2. The minimum atomic E-state index is -0.862. The second-order valence-corrected chi connectivity index (χ2v) is 7.88. The SMILES string of the molecule is C=CCSc1nnc2c(n1)O[C@@H](c1cccc(OC(C)=O)c1)N(C(C)=O)c1ccccc1-2. The van der Waals surface area contributed by atoms with E-state index in [9.17, 15) is 9.59 Å². The average molecular weight is 449 g/mol. The number of amides is 1. The molecule has 2 aromatic carbocycles. The third-order valence-corrected chi connectivity index (χ3v) is 5.42. The summed E-state index contributed by atoms with van der Waals surface area (Å²) in [5.74, 6) is 0.546. The zero-order valence-corrected chi connectivity index (χ0v) is 18.3. The summed E-state index contributed by atoms with van der Waals surface area (Å²) < 4.78 is 11.5. The van der Waals surface area contributed by atoms with Crippen molar-refractivity contribution in [3.63, 3.8) is 0 Å². The molecule has 1 aromatic heterocycles. The monoisotopic (exact) mass is 448 g/mol. The molecule has 1 aliphatic rings. The third kappa shape index (κ3) is 4.33. The van der Waals surface area contributed by atoms with E-state index in [1.165, 1.54) is 30.5 Å². The Hall–Kier alpha value is -3.72. The zero-order chi connectivity index (χ0) is 22.7. The van der Waals surface area contributed by atoms with Gasteiger partial charge in [-0.2, -0.15) is 4.98 Å². The largest absolute Gasteiger partial charge is 0.447 e. The maximum atomic E-state index is 12.8. The normalized spacial score (nSPS) is 14.4. The van der Waals surface area contributed by atoms with E-state index in [1.54, 1.807) is 30.3 Å². The molecule has 3 aromatic rings. The van der Waals surface area contributed by atoms with Gasteiger partial charge in [-0.1, -0.05) is 48.2 Å². The first-order valence-corrected chi connectivity index (χ1v) is 10.8. The lowest BCUT2D eigenvalue weighted by atomic mass is 10.1. The Morgan fingerprint density at radius 3 is 2.75 bits per heavy atom. The molecule has 8 nitrogen and oxygen atoms in total. The first-order chi connectivity index (χ1) is 15.5. The molecular weight excluding hydrogens is 428 g/mol. The number of anilines is 1. The highest BCUT2D eigenvalue weighted by Crippen LogP contribution is 2.43. The van der Waals surface area contributed by atoms with Crippen LogP contribution in [0.4, 0.5) is 5.69 Å². The van der Waals surface area contributed by atoms with Crippen LogP contribution in [0.5, 0.6) is 11.6 Å². The van der Waals surface area contributed by atoms with Gasteiger partial charge in [-0.25, -0.2) is 0 Å². The highest BCUT2D eigenvalue weighted by molar-refractivity contribution is 7.99. The molecular formula is C23H20N4O4S. The van der Waals surface area contributed by atoms with Gasteiger partial charge < -0.3 is 9.47 Å². The number of benzene rings is 2. The molecule has 0 radical (unpaired) electrons. The van der Waals surface area contributed by atoms with E-state index in [1.807, 2.05) is 24.3 Å². The molecule has 0 bridgehead atoms. The molecule has 0 fully saturated rings. The second-order valence-electron chi connectivity index (χ2n) is 6.89. The van der Waals surface area contributed by atoms with E-state index < -0.39 is 12.2 Å². The molecule has 162 valence electrons. The third-order valence-electron chi connectivity index (χ3n) is 4.59. The zero-order valence-electron chi connectivity index (χ0n) is 17.5. The van der Waals surface area contributed by atoms with E-state index >= 15 is 0 Å². The van der Waals surface area contributed by atoms with Crippen LogP contribution in [0.2, 0.25) is 0 Å². The summed E-state index contributed by atoms with van der Waals surface area (Å²) in [6, 6.07) is 14.2. The van der Waals surface area contributed by atoms with Crippen LogP contribution < -0.4 is 14.4 Å². The van der Waals surface area contributed by atoms with Gasteiger partial charge in [0.15, 0.2) is 5.69 Å². The summed E-state index contributed by atoms with van der Waals surface area (Å²) in [4.78, 5) is 30.3. The van der Waals surface area contributed by atoms with Crippen molar-refractivity contribution in [3.8, 4) is 22.9 Å². The Balaban J connectivity index is 1.88. The van der Waals surface area contributed by atoms with Crippen LogP contribution in [0.1, 0.15) is 25.6 Å². The molecule has 0 unspecified atom stereocenters. The number of aromatic nitrogens is 3. The fraction of sp³-hybridized carbons (Fsp3) is 0.174. The molecule has 0 N–H and O–H groups in total. The average Bonchev–Trinajstić information content (AvgIpc) is 2.91. The molecule has 4 rings (SSSR count). The van der Waals surface area contributed by atoms with Gasteiger partial charge >= 0.3 is 5.97 Å². The standard InChI is InChI=1S/C23H20N4O4S/c1-4-12-32-23-24-21-20(25-26-23)18-10-5-6-11-19(18)27(14(2)28)22(31-21)16-8-7-9-17(13-16)30-15(3)29/h4-11,13,22H,1,12H2,2-3H3/t22-/m0/s1. The van der Waals surface area contributed by atoms with Crippen LogP contribution in [-0.4, -0.2) is 32.8 Å². The summed E-state index contributed by atoms with van der Waals surface area (Å²) in [5, 5.41) is 8.99. The molecule has 0 saturated carbocycles. The van der Waals surface area contributed by atoms with Crippen LogP contribution in [0.25, 0.3) is 11.3 Å². The molecule has 1 atom stereocenters. The predicted octanol–water partition coefficient (Wildman–Crippen LogP) is 4.19. The van der Waals surface area contributed by atoms with Gasteiger partial charge in [0, 0.05) is 30.7 Å². The first kappa shape index (κ1) is 21.5. The van der Waals surface area contributed by atoms with Gasteiger partial charge in [0.05, 0.1) is 5.69 Å². The lowest BCUT2D eigenvalue weighted by Crippen LogP contribution is -2.36. The maximum Gasteiger partial charge on any atom is 0.308 e. The Morgan fingerprint density at radius 1 is 1.19 bits per heavy atom. The van der Waals surface area contributed by atoms with E-state index in [2.05, 4.69) is 21.8 Å². The van der Waals surface area contributed by atoms with Gasteiger partial charge in [-0.05, 0) is 18.2 Å². The van der Waals surface area contributed by atoms with Crippen molar-refractivity contribution >= 4 is 29.3 Å². The first-order valence-electron chi connectivity index (χ1n) is 9.80. The van der Waals surface area contributed by atoms with Crippen molar-refractivity contribution in [2.24, 2.45) is 0 Å².